The molecule has 13 heavy (non-hydrogen) atoms. The number of benzene rings is 1. The van der Waals surface area contributed by atoms with Crippen LogP contribution in [0.25, 0.3) is 0 Å². The molecule has 0 amide bonds. The Bertz CT molecular complexity index is 286. The molecule has 1 rings (SSSR count). The molecular weight excluding hydrogens is 188 g/mol. The van der Waals surface area contributed by atoms with Crippen molar-refractivity contribution in [2.45, 2.75) is 6.10 Å². The number of ether oxygens (including phenoxy) is 1. The first-order valence-corrected chi connectivity index (χ1v) is 4.21. The van der Waals surface area contributed by atoms with Crippen LogP contribution < -0.4 is 4.74 Å². The van der Waals surface area contributed by atoms with E-state index in [1.165, 1.54) is 6.08 Å². The van der Waals surface area contributed by atoms with E-state index in [0.29, 0.717) is 10.8 Å². The third kappa shape index (κ3) is 3.49. The molecule has 0 fully saturated rings. The van der Waals surface area contributed by atoms with Crippen molar-refractivity contribution in [2.24, 2.45) is 0 Å². The van der Waals surface area contributed by atoms with E-state index in [-0.39, 0.29) is 6.61 Å². The molecule has 0 aliphatic heterocycles. The largest absolute Gasteiger partial charge is 0.491 e. The van der Waals surface area contributed by atoms with E-state index in [2.05, 4.69) is 0 Å². The minimum absolute atomic E-state index is 0.136. The maximum atomic E-state index is 9.05. The van der Waals surface area contributed by atoms with Crippen LogP contribution in [0.5, 0.6) is 5.75 Å². The number of hydrogen-bond donors (Lipinski definition) is 1. The van der Waals surface area contributed by atoms with Crippen molar-refractivity contribution >= 4 is 11.6 Å². The predicted octanol–water partition coefficient (Wildman–Crippen LogP) is 2.07. The van der Waals surface area contributed by atoms with Gasteiger partial charge in [0.05, 0.1) is 0 Å². The summed E-state index contributed by atoms with van der Waals surface area (Å²) in [5.41, 5.74) is 0. The highest BCUT2D eigenvalue weighted by molar-refractivity contribution is 6.30. The minimum atomic E-state index is -0.751. The van der Waals surface area contributed by atoms with Crippen molar-refractivity contribution in [3.05, 3.63) is 41.9 Å². The molecule has 0 aromatic heterocycles. The molecule has 1 aromatic carbocycles. The molecule has 0 saturated carbocycles. The maximum absolute atomic E-state index is 9.05. The molecule has 0 heterocycles. The molecule has 0 spiro atoms. The van der Waals surface area contributed by atoms with Crippen molar-refractivity contribution in [1.82, 2.24) is 0 Å². The van der Waals surface area contributed by atoms with E-state index in [9.17, 15) is 0 Å². The van der Waals surface area contributed by atoms with Crippen LogP contribution in [0.2, 0.25) is 5.02 Å². The van der Waals surface area contributed by atoms with Crippen LogP contribution in [-0.4, -0.2) is 17.8 Å². The van der Waals surface area contributed by atoms with Gasteiger partial charge in [-0.1, -0.05) is 30.3 Å². The van der Waals surface area contributed by atoms with Gasteiger partial charge in [0.1, 0.15) is 18.5 Å². The Balaban J connectivity index is 2.49. The first-order chi connectivity index (χ1) is 6.22. The Morgan fingerprint density at radius 1 is 1.62 bits per heavy atom. The van der Waals surface area contributed by atoms with Gasteiger partial charge in [-0.15, -0.1) is 0 Å². The Morgan fingerprint density at radius 2 is 2.38 bits per heavy atom. The second-order valence-corrected chi connectivity index (χ2v) is 2.96. The summed E-state index contributed by atoms with van der Waals surface area (Å²) in [6.45, 7) is 5.22. The Hall–Kier alpha value is -0.990. The molecule has 0 aliphatic rings. The summed E-state index contributed by atoms with van der Waals surface area (Å²) in [5, 5.41) is 9.65. The van der Waals surface area contributed by atoms with Crippen molar-refractivity contribution in [3.63, 3.8) is 0 Å². The standard InChI is InChI=1S/C10H10ClO2/c1-2-9(12)7-13-10-5-3-4-8(11)6-10/h1-6,9,12H,7H2. The van der Waals surface area contributed by atoms with Crippen LogP contribution in [0.15, 0.2) is 30.3 Å². The highest BCUT2D eigenvalue weighted by atomic mass is 35.5. The summed E-state index contributed by atoms with van der Waals surface area (Å²) >= 11 is 5.72. The van der Waals surface area contributed by atoms with Gasteiger partial charge in [-0.3, -0.25) is 0 Å². The van der Waals surface area contributed by atoms with Gasteiger partial charge in [-0.25, -0.2) is 0 Å². The van der Waals surface area contributed by atoms with Crippen LogP contribution in [0.3, 0.4) is 0 Å². The third-order valence-corrected chi connectivity index (χ3v) is 1.67. The van der Waals surface area contributed by atoms with Crippen LogP contribution >= 0.6 is 11.6 Å². The van der Waals surface area contributed by atoms with Crippen LogP contribution in [0.4, 0.5) is 0 Å². The first-order valence-electron chi connectivity index (χ1n) is 3.84. The topological polar surface area (TPSA) is 29.5 Å². The zero-order valence-corrected chi connectivity index (χ0v) is 7.74. The molecule has 69 valence electrons. The summed E-state index contributed by atoms with van der Waals surface area (Å²) in [6, 6.07) is 6.95. The number of aliphatic hydroxyl groups is 1. The minimum Gasteiger partial charge on any atom is -0.491 e. The first kappa shape index (κ1) is 10.1. The van der Waals surface area contributed by atoms with Gasteiger partial charge in [-0.05, 0) is 18.2 Å². The maximum Gasteiger partial charge on any atom is 0.120 e. The second-order valence-electron chi connectivity index (χ2n) is 2.53. The summed E-state index contributed by atoms with van der Waals surface area (Å²) in [5.74, 6) is 0.619. The average molecular weight is 198 g/mol. The fraction of sp³-hybridized carbons (Fsp3) is 0.200. The lowest BCUT2D eigenvalue weighted by Gasteiger charge is -2.08. The number of aliphatic hydroxyl groups excluding tert-OH is 1. The van der Waals surface area contributed by atoms with Gasteiger partial charge in [0.2, 0.25) is 0 Å². The Kier molecular flexibility index (Phi) is 3.80. The molecule has 0 bridgehead atoms. The Labute approximate surface area is 82.4 Å². The van der Waals surface area contributed by atoms with Crippen molar-refractivity contribution in [2.75, 3.05) is 6.61 Å². The van der Waals surface area contributed by atoms with E-state index in [4.69, 9.17) is 28.0 Å². The quantitative estimate of drug-likeness (QED) is 0.801. The summed E-state index contributed by atoms with van der Waals surface area (Å²) in [6.07, 6.45) is 0.420. The van der Waals surface area contributed by atoms with Crippen molar-refractivity contribution < 1.29 is 9.84 Å². The van der Waals surface area contributed by atoms with Gasteiger partial charge in [0, 0.05) is 5.02 Å². The lowest BCUT2D eigenvalue weighted by molar-refractivity contribution is 0.144. The number of hydrogen-bond acceptors (Lipinski definition) is 2. The number of halogens is 1. The molecule has 1 radical (unpaired) electrons. The fourth-order valence-electron chi connectivity index (χ4n) is 0.794. The van der Waals surface area contributed by atoms with E-state index in [1.54, 1.807) is 24.3 Å². The molecule has 2 nitrogen and oxygen atoms in total. The smallest absolute Gasteiger partial charge is 0.120 e. The van der Waals surface area contributed by atoms with Crippen molar-refractivity contribution in [3.8, 4) is 5.75 Å². The molecule has 1 unspecified atom stereocenters. The zero-order chi connectivity index (χ0) is 9.68. The normalized spacial score (nSPS) is 12.2. The van der Waals surface area contributed by atoms with Gasteiger partial charge in [0.15, 0.2) is 0 Å². The highest BCUT2D eigenvalue weighted by Crippen LogP contribution is 2.17. The lowest BCUT2D eigenvalue weighted by Crippen LogP contribution is -2.13. The van der Waals surface area contributed by atoms with E-state index in [1.807, 2.05) is 0 Å². The zero-order valence-electron chi connectivity index (χ0n) is 6.98. The van der Waals surface area contributed by atoms with Gasteiger partial charge >= 0.3 is 0 Å². The van der Waals surface area contributed by atoms with Crippen LogP contribution in [-0.2, 0) is 0 Å². The summed E-state index contributed by atoms with van der Waals surface area (Å²) in [7, 11) is 0. The van der Waals surface area contributed by atoms with Gasteiger partial charge in [-0.2, -0.15) is 0 Å². The molecule has 1 atom stereocenters. The third-order valence-electron chi connectivity index (χ3n) is 1.44. The summed E-state index contributed by atoms with van der Waals surface area (Å²) < 4.78 is 5.19. The summed E-state index contributed by atoms with van der Waals surface area (Å²) in [4.78, 5) is 0. The monoisotopic (exact) mass is 197 g/mol. The highest BCUT2D eigenvalue weighted by Gasteiger charge is 1.99. The average Bonchev–Trinajstić information content (AvgIpc) is 2.14. The Morgan fingerprint density at radius 3 is 3.00 bits per heavy atom. The number of rotatable bonds is 4. The van der Waals surface area contributed by atoms with E-state index < -0.39 is 6.10 Å². The van der Waals surface area contributed by atoms with E-state index in [0.717, 1.165) is 0 Å². The predicted molar refractivity (Wildman–Crippen MR) is 51.8 cm³/mol. The molecule has 1 N–H and O–H groups in total. The second kappa shape index (κ2) is 4.90. The molecular formula is C10H10ClO2. The van der Waals surface area contributed by atoms with E-state index >= 15 is 0 Å². The molecule has 3 heteroatoms. The van der Waals surface area contributed by atoms with Crippen LogP contribution in [0, 0.1) is 6.58 Å². The molecule has 0 aliphatic carbocycles. The SMILES string of the molecule is [CH]=CC(O)COc1cccc(Cl)c1. The lowest BCUT2D eigenvalue weighted by atomic mass is 10.3. The fourth-order valence-corrected chi connectivity index (χ4v) is 0.974. The van der Waals surface area contributed by atoms with Crippen LogP contribution in [0.1, 0.15) is 0 Å². The van der Waals surface area contributed by atoms with Gasteiger partial charge < -0.3 is 9.84 Å². The van der Waals surface area contributed by atoms with Gasteiger partial charge in [0.25, 0.3) is 0 Å². The molecule has 0 saturated heterocycles. The van der Waals surface area contributed by atoms with Crippen molar-refractivity contribution in [1.29, 1.82) is 0 Å². The molecule has 1 aromatic rings.